The summed E-state index contributed by atoms with van der Waals surface area (Å²) in [7, 11) is 0.965. The highest BCUT2D eigenvalue weighted by molar-refractivity contribution is 7.89. The first-order chi connectivity index (χ1) is 8.91. The first-order valence-electron chi connectivity index (χ1n) is 5.64. The Labute approximate surface area is 117 Å². The Morgan fingerprint density at radius 1 is 1.32 bits per heavy atom. The van der Waals surface area contributed by atoms with Crippen molar-refractivity contribution in [3.8, 4) is 0 Å². The maximum absolute atomic E-state index is 12.4. The summed E-state index contributed by atoms with van der Waals surface area (Å²) in [6.45, 7) is 0.453. The largest absolute Gasteiger partial charge is 0.377 e. The van der Waals surface area contributed by atoms with Crippen molar-refractivity contribution in [3.05, 3.63) is 11.5 Å². The van der Waals surface area contributed by atoms with E-state index in [-0.39, 0.29) is 35.5 Å². The SMILES string of the molecule is COC1CN(S(=O)(=O)c2ncn(C)c2Cl)CC1OC. The number of rotatable bonds is 4. The van der Waals surface area contributed by atoms with E-state index >= 15 is 0 Å². The quantitative estimate of drug-likeness (QED) is 0.789. The van der Waals surface area contributed by atoms with Crippen LogP contribution in [0.1, 0.15) is 0 Å². The van der Waals surface area contributed by atoms with Crippen molar-refractivity contribution < 1.29 is 17.9 Å². The molecule has 2 unspecified atom stereocenters. The molecule has 1 aromatic rings. The molecule has 19 heavy (non-hydrogen) atoms. The molecule has 0 N–H and O–H groups in total. The fourth-order valence-corrected chi connectivity index (χ4v) is 3.90. The van der Waals surface area contributed by atoms with E-state index in [9.17, 15) is 8.42 Å². The van der Waals surface area contributed by atoms with Gasteiger partial charge in [-0.3, -0.25) is 0 Å². The smallest absolute Gasteiger partial charge is 0.263 e. The minimum atomic E-state index is -3.73. The van der Waals surface area contributed by atoms with Gasteiger partial charge in [-0.1, -0.05) is 11.6 Å². The Balaban J connectivity index is 2.29. The van der Waals surface area contributed by atoms with Gasteiger partial charge in [-0.2, -0.15) is 4.31 Å². The lowest BCUT2D eigenvalue weighted by Gasteiger charge is -2.14. The van der Waals surface area contributed by atoms with E-state index in [0.717, 1.165) is 0 Å². The van der Waals surface area contributed by atoms with E-state index in [4.69, 9.17) is 21.1 Å². The van der Waals surface area contributed by atoms with Crippen LogP contribution >= 0.6 is 11.6 Å². The molecule has 2 atom stereocenters. The van der Waals surface area contributed by atoms with Gasteiger partial charge in [0.15, 0.2) is 0 Å². The Morgan fingerprint density at radius 3 is 2.21 bits per heavy atom. The minimum Gasteiger partial charge on any atom is -0.377 e. The molecule has 0 saturated carbocycles. The minimum absolute atomic E-state index is 0.0924. The van der Waals surface area contributed by atoms with Gasteiger partial charge in [0.2, 0.25) is 5.03 Å². The third kappa shape index (κ3) is 2.50. The summed E-state index contributed by atoms with van der Waals surface area (Å²) in [6, 6.07) is 0. The number of imidazole rings is 1. The van der Waals surface area contributed by atoms with Crippen LogP contribution in [-0.4, -0.2) is 61.8 Å². The third-order valence-electron chi connectivity index (χ3n) is 3.21. The van der Waals surface area contributed by atoms with Crippen molar-refractivity contribution in [3.63, 3.8) is 0 Å². The molecule has 1 aromatic heterocycles. The number of sulfonamides is 1. The fraction of sp³-hybridized carbons (Fsp3) is 0.700. The highest BCUT2D eigenvalue weighted by atomic mass is 35.5. The molecule has 9 heteroatoms. The number of hydrogen-bond donors (Lipinski definition) is 0. The van der Waals surface area contributed by atoms with E-state index in [0.29, 0.717) is 0 Å². The Kier molecular flexibility index (Phi) is 4.17. The van der Waals surface area contributed by atoms with Gasteiger partial charge in [0.1, 0.15) is 5.15 Å². The summed E-state index contributed by atoms with van der Waals surface area (Å²) < 4.78 is 38.1. The number of ether oxygens (including phenoxy) is 2. The van der Waals surface area contributed by atoms with Crippen LogP contribution in [0.4, 0.5) is 0 Å². The highest BCUT2D eigenvalue weighted by Crippen LogP contribution is 2.27. The molecule has 1 aliphatic heterocycles. The van der Waals surface area contributed by atoms with Crippen LogP contribution in [0.5, 0.6) is 0 Å². The Morgan fingerprint density at radius 2 is 1.84 bits per heavy atom. The van der Waals surface area contributed by atoms with Gasteiger partial charge in [0.25, 0.3) is 10.0 Å². The van der Waals surface area contributed by atoms with E-state index in [1.165, 1.54) is 29.4 Å². The van der Waals surface area contributed by atoms with Crippen molar-refractivity contribution >= 4 is 21.6 Å². The van der Waals surface area contributed by atoms with Crippen LogP contribution in [-0.2, 0) is 26.5 Å². The number of aromatic nitrogens is 2. The molecule has 2 rings (SSSR count). The van der Waals surface area contributed by atoms with Crippen LogP contribution in [0.3, 0.4) is 0 Å². The summed E-state index contributed by atoms with van der Waals surface area (Å²) in [5, 5.41) is -0.0434. The molecule has 1 aliphatic rings. The predicted molar refractivity (Wildman–Crippen MR) is 68.6 cm³/mol. The van der Waals surface area contributed by atoms with Crippen molar-refractivity contribution in [1.29, 1.82) is 0 Å². The zero-order valence-corrected chi connectivity index (χ0v) is 12.5. The van der Waals surface area contributed by atoms with Crippen LogP contribution in [0.15, 0.2) is 11.4 Å². The van der Waals surface area contributed by atoms with Crippen LogP contribution in [0, 0.1) is 0 Å². The normalized spacial score (nSPS) is 25.1. The van der Waals surface area contributed by atoms with Gasteiger partial charge in [0, 0.05) is 34.4 Å². The maximum atomic E-state index is 12.4. The number of halogens is 1. The van der Waals surface area contributed by atoms with Crippen LogP contribution in [0.2, 0.25) is 5.15 Å². The van der Waals surface area contributed by atoms with Gasteiger partial charge in [-0.05, 0) is 0 Å². The molecule has 0 spiro atoms. The molecular formula is C10H16ClN3O4S. The van der Waals surface area contributed by atoms with E-state index in [1.807, 2.05) is 0 Å². The second-order valence-corrected chi connectivity index (χ2v) is 6.53. The lowest BCUT2D eigenvalue weighted by Crippen LogP contribution is -2.30. The maximum Gasteiger partial charge on any atom is 0.263 e. The topological polar surface area (TPSA) is 73.7 Å². The van der Waals surface area contributed by atoms with Gasteiger partial charge < -0.3 is 14.0 Å². The zero-order chi connectivity index (χ0) is 14.2. The summed E-state index contributed by atoms with van der Waals surface area (Å²) in [4.78, 5) is 3.85. The average Bonchev–Trinajstić information content (AvgIpc) is 2.94. The highest BCUT2D eigenvalue weighted by Gasteiger charge is 2.41. The van der Waals surface area contributed by atoms with Gasteiger partial charge in [-0.25, -0.2) is 13.4 Å². The van der Waals surface area contributed by atoms with E-state index in [1.54, 1.807) is 7.05 Å². The fourth-order valence-electron chi connectivity index (χ4n) is 2.05. The molecule has 1 saturated heterocycles. The van der Waals surface area contributed by atoms with Crippen molar-refractivity contribution in [1.82, 2.24) is 13.9 Å². The van der Waals surface area contributed by atoms with E-state index < -0.39 is 10.0 Å². The molecule has 7 nitrogen and oxygen atoms in total. The average molecular weight is 310 g/mol. The second kappa shape index (κ2) is 5.37. The molecule has 0 bridgehead atoms. The Bertz CT molecular complexity index is 547. The summed E-state index contributed by atoms with van der Waals surface area (Å²) >= 11 is 5.94. The molecule has 2 heterocycles. The number of nitrogens with zero attached hydrogens (tertiary/aromatic N) is 3. The molecule has 0 aliphatic carbocycles. The summed E-state index contributed by atoms with van der Waals surface area (Å²) in [5.74, 6) is 0. The number of hydrogen-bond acceptors (Lipinski definition) is 5. The van der Waals surface area contributed by atoms with Crippen LogP contribution < -0.4 is 0 Å². The molecule has 108 valence electrons. The Hall–Kier alpha value is -0.670. The summed E-state index contributed by atoms with van der Waals surface area (Å²) in [5.41, 5.74) is 0. The predicted octanol–water partition coefficient (Wildman–Crippen LogP) is 0.108. The molecule has 0 amide bonds. The van der Waals surface area contributed by atoms with Crippen LogP contribution in [0.25, 0.3) is 0 Å². The van der Waals surface area contributed by atoms with Gasteiger partial charge in [-0.15, -0.1) is 0 Å². The van der Waals surface area contributed by atoms with E-state index in [2.05, 4.69) is 4.98 Å². The lowest BCUT2D eigenvalue weighted by atomic mass is 10.3. The first-order valence-corrected chi connectivity index (χ1v) is 7.46. The van der Waals surface area contributed by atoms with Crippen molar-refractivity contribution in [2.24, 2.45) is 7.05 Å². The van der Waals surface area contributed by atoms with Crippen molar-refractivity contribution in [2.75, 3.05) is 27.3 Å². The monoisotopic (exact) mass is 309 g/mol. The third-order valence-corrected chi connectivity index (χ3v) is 5.53. The standard InChI is InChI=1S/C10H16ClN3O4S/c1-13-6-12-10(9(13)11)19(15,16)14-4-7(17-2)8(5-14)18-3/h6-8H,4-5H2,1-3H3. The first kappa shape index (κ1) is 14.7. The van der Waals surface area contributed by atoms with Crippen molar-refractivity contribution in [2.45, 2.75) is 17.2 Å². The van der Waals surface area contributed by atoms with Gasteiger partial charge in [0.05, 0.1) is 18.5 Å². The molecule has 0 radical (unpaired) electrons. The lowest BCUT2D eigenvalue weighted by molar-refractivity contribution is -0.00461. The zero-order valence-electron chi connectivity index (χ0n) is 10.9. The number of aryl methyl sites for hydroxylation is 1. The summed E-state index contributed by atoms with van der Waals surface area (Å²) in [6.07, 6.45) is 0.789. The second-order valence-electron chi connectivity index (χ2n) is 4.32. The molecule has 0 aromatic carbocycles. The number of methoxy groups -OCH3 is 2. The molecule has 1 fully saturated rings. The van der Waals surface area contributed by atoms with Gasteiger partial charge >= 0.3 is 0 Å². The molecular weight excluding hydrogens is 294 g/mol.